The van der Waals surface area contributed by atoms with E-state index in [0.29, 0.717) is 12.6 Å². The Kier molecular flexibility index (Phi) is 5.67. The Hall–Kier alpha value is -0.580. The molecule has 0 spiro atoms. The lowest BCUT2D eigenvalue weighted by Gasteiger charge is -2.29. The lowest BCUT2D eigenvalue weighted by atomic mass is 9.94. The summed E-state index contributed by atoms with van der Waals surface area (Å²) in [6.07, 6.45) is 6.54. The second-order valence-corrected chi connectivity index (χ2v) is 6.33. The van der Waals surface area contributed by atoms with Crippen LogP contribution in [0.2, 0.25) is 0 Å². The van der Waals surface area contributed by atoms with Crippen LogP contribution in [0.25, 0.3) is 0 Å². The summed E-state index contributed by atoms with van der Waals surface area (Å²) >= 11 is 1.94. The summed E-state index contributed by atoms with van der Waals surface area (Å²) in [4.78, 5) is 0. The van der Waals surface area contributed by atoms with E-state index >= 15 is 0 Å². The maximum absolute atomic E-state index is 12.8. The minimum absolute atomic E-state index is 0.265. The molecular weight excluding hydrogens is 261 g/mol. The minimum Gasteiger partial charge on any atom is -0.387 e. The van der Waals surface area contributed by atoms with Crippen LogP contribution in [0.1, 0.15) is 37.4 Å². The molecule has 19 heavy (non-hydrogen) atoms. The van der Waals surface area contributed by atoms with Crippen molar-refractivity contribution < 1.29 is 9.50 Å². The summed E-state index contributed by atoms with van der Waals surface area (Å²) in [5.74, 6) is -0.265. The molecule has 1 fully saturated rings. The lowest BCUT2D eigenvalue weighted by molar-refractivity contribution is 0.166. The van der Waals surface area contributed by atoms with Crippen molar-refractivity contribution in [2.24, 2.45) is 0 Å². The van der Waals surface area contributed by atoms with E-state index in [1.807, 2.05) is 11.8 Å². The molecule has 1 aliphatic rings. The fourth-order valence-corrected chi connectivity index (χ4v) is 3.45. The second kappa shape index (κ2) is 7.27. The fourth-order valence-electron chi connectivity index (χ4n) is 2.63. The zero-order valence-electron chi connectivity index (χ0n) is 11.3. The molecule has 0 saturated heterocycles. The van der Waals surface area contributed by atoms with Gasteiger partial charge in [0.1, 0.15) is 5.82 Å². The van der Waals surface area contributed by atoms with Crippen LogP contribution in [0.4, 0.5) is 4.39 Å². The predicted octanol–water partition coefficient (Wildman–Crippen LogP) is 3.12. The largest absolute Gasteiger partial charge is 0.387 e. The highest BCUT2D eigenvalue weighted by Crippen LogP contribution is 2.27. The number of hydrogen-bond donors (Lipinski definition) is 2. The van der Waals surface area contributed by atoms with Gasteiger partial charge >= 0.3 is 0 Å². The number of benzene rings is 1. The summed E-state index contributed by atoms with van der Waals surface area (Å²) in [5, 5.41) is 14.3. The summed E-state index contributed by atoms with van der Waals surface area (Å²) in [6, 6.07) is 6.58. The van der Waals surface area contributed by atoms with E-state index in [1.54, 1.807) is 12.1 Å². The Labute approximate surface area is 118 Å². The van der Waals surface area contributed by atoms with E-state index in [0.717, 1.165) is 10.8 Å². The van der Waals surface area contributed by atoms with Gasteiger partial charge < -0.3 is 10.4 Å². The van der Waals surface area contributed by atoms with Crippen LogP contribution >= 0.6 is 11.8 Å². The van der Waals surface area contributed by atoms with Crippen molar-refractivity contribution in [2.45, 2.75) is 43.1 Å². The number of rotatable bonds is 5. The van der Waals surface area contributed by atoms with Crippen molar-refractivity contribution >= 4 is 11.8 Å². The number of aliphatic hydroxyl groups excluding tert-OH is 1. The predicted molar refractivity (Wildman–Crippen MR) is 78.9 cm³/mol. The zero-order valence-corrected chi connectivity index (χ0v) is 12.1. The summed E-state index contributed by atoms with van der Waals surface area (Å²) in [6.45, 7) is 0.539. The van der Waals surface area contributed by atoms with E-state index < -0.39 is 6.10 Å². The highest BCUT2D eigenvalue weighted by atomic mass is 32.2. The monoisotopic (exact) mass is 283 g/mol. The molecule has 106 valence electrons. The number of hydrogen-bond acceptors (Lipinski definition) is 3. The molecule has 0 aromatic heterocycles. The Bertz CT molecular complexity index is 384. The van der Waals surface area contributed by atoms with Gasteiger partial charge in [-0.3, -0.25) is 0 Å². The Morgan fingerprint density at radius 2 is 2.11 bits per heavy atom. The highest BCUT2D eigenvalue weighted by molar-refractivity contribution is 7.99. The number of thioether (sulfide) groups is 1. The highest BCUT2D eigenvalue weighted by Gasteiger charge is 2.21. The van der Waals surface area contributed by atoms with Gasteiger partial charge in [0.25, 0.3) is 0 Å². The summed E-state index contributed by atoms with van der Waals surface area (Å²) in [5.41, 5.74) is 0.770. The first kappa shape index (κ1) is 14.8. The standard InChI is InChI=1S/C15H22FNOS/c1-19-14-4-2-3-13(9-14)17-10-15(18)11-5-7-12(16)8-6-11/h5-8,13-15,17-18H,2-4,9-10H2,1H3. The fraction of sp³-hybridized carbons (Fsp3) is 0.600. The molecule has 0 amide bonds. The molecule has 4 heteroatoms. The van der Waals surface area contributed by atoms with E-state index in [1.165, 1.54) is 37.8 Å². The van der Waals surface area contributed by atoms with Crippen molar-refractivity contribution in [3.05, 3.63) is 35.6 Å². The maximum atomic E-state index is 12.8. The van der Waals surface area contributed by atoms with E-state index in [-0.39, 0.29) is 5.82 Å². The van der Waals surface area contributed by atoms with Crippen LogP contribution in [0.15, 0.2) is 24.3 Å². The van der Waals surface area contributed by atoms with Gasteiger partial charge in [0.05, 0.1) is 6.10 Å². The van der Waals surface area contributed by atoms with Crippen LogP contribution < -0.4 is 5.32 Å². The average Bonchev–Trinajstić information content (AvgIpc) is 2.46. The molecule has 2 rings (SSSR count). The van der Waals surface area contributed by atoms with Gasteiger partial charge in [0.2, 0.25) is 0 Å². The Morgan fingerprint density at radius 3 is 2.79 bits per heavy atom. The normalized spacial score (nSPS) is 25.2. The molecule has 0 heterocycles. The molecule has 0 bridgehead atoms. The van der Waals surface area contributed by atoms with Gasteiger partial charge in [0, 0.05) is 17.8 Å². The molecular formula is C15H22FNOS. The van der Waals surface area contributed by atoms with Crippen molar-refractivity contribution in [2.75, 3.05) is 12.8 Å². The molecule has 1 saturated carbocycles. The van der Waals surface area contributed by atoms with Crippen LogP contribution in [-0.4, -0.2) is 29.2 Å². The zero-order chi connectivity index (χ0) is 13.7. The topological polar surface area (TPSA) is 32.3 Å². The first-order valence-corrected chi connectivity index (χ1v) is 8.17. The van der Waals surface area contributed by atoms with Crippen LogP contribution in [0.5, 0.6) is 0 Å². The second-order valence-electron chi connectivity index (χ2n) is 5.20. The molecule has 2 nitrogen and oxygen atoms in total. The molecule has 3 unspecified atom stereocenters. The Morgan fingerprint density at radius 1 is 1.37 bits per heavy atom. The average molecular weight is 283 g/mol. The first-order valence-electron chi connectivity index (χ1n) is 6.88. The van der Waals surface area contributed by atoms with E-state index in [4.69, 9.17) is 0 Å². The van der Waals surface area contributed by atoms with Crippen LogP contribution in [0.3, 0.4) is 0 Å². The lowest BCUT2D eigenvalue weighted by Crippen LogP contribution is -2.37. The third-order valence-electron chi connectivity index (χ3n) is 3.81. The maximum Gasteiger partial charge on any atom is 0.123 e. The van der Waals surface area contributed by atoms with Crippen molar-refractivity contribution in [3.8, 4) is 0 Å². The number of aliphatic hydroxyl groups is 1. The Balaban J connectivity index is 1.79. The van der Waals surface area contributed by atoms with Crippen LogP contribution in [-0.2, 0) is 0 Å². The molecule has 2 N–H and O–H groups in total. The number of nitrogens with one attached hydrogen (secondary N) is 1. The van der Waals surface area contributed by atoms with Gasteiger partial charge in [-0.05, 0) is 43.2 Å². The van der Waals surface area contributed by atoms with Crippen LogP contribution in [0, 0.1) is 5.82 Å². The quantitative estimate of drug-likeness (QED) is 0.871. The smallest absolute Gasteiger partial charge is 0.123 e. The van der Waals surface area contributed by atoms with Gasteiger partial charge in [-0.2, -0.15) is 11.8 Å². The number of halogens is 1. The molecule has 1 aliphatic carbocycles. The van der Waals surface area contributed by atoms with Gasteiger partial charge in [-0.25, -0.2) is 4.39 Å². The summed E-state index contributed by atoms with van der Waals surface area (Å²) < 4.78 is 12.8. The SMILES string of the molecule is CSC1CCCC(NCC(O)c2ccc(F)cc2)C1. The van der Waals surface area contributed by atoms with Crippen molar-refractivity contribution in [1.29, 1.82) is 0 Å². The molecule has 0 aliphatic heterocycles. The molecule has 0 radical (unpaired) electrons. The molecule has 1 aromatic rings. The van der Waals surface area contributed by atoms with E-state index in [2.05, 4.69) is 11.6 Å². The third kappa shape index (κ3) is 4.48. The van der Waals surface area contributed by atoms with Gasteiger partial charge in [-0.15, -0.1) is 0 Å². The minimum atomic E-state index is -0.560. The van der Waals surface area contributed by atoms with E-state index in [9.17, 15) is 9.50 Å². The first-order chi connectivity index (χ1) is 9.19. The summed E-state index contributed by atoms with van der Waals surface area (Å²) in [7, 11) is 0. The van der Waals surface area contributed by atoms with Gasteiger partial charge in [-0.1, -0.05) is 18.6 Å². The van der Waals surface area contributed by atoms with Crippen molar-refractivity contribution in [3.63, 3.8) is 0 Å². The molecule has 1 aromatic carbocycles. The van der Waals surface area contributed by atoms with Gasteiger partial charge in [0.15, 0.2) is 0 Å². The van der Waals surface area contributed by atoms with Crippen molar-refractivity contribution in [1.82, 2.24) is 5.32 Å². The molecule has 3 atom stereocenters. The third-order valence-corrected chi connectivity index (χ3v) is 4.91.